The molecule has 0 aliphatic rings. The number of carboxylic acid groups (broad SMARTS) is 1. The zero-order valence-electron chi connectivity index (χ0n) is 11.2. The molecule has 0 fully saturated rings. The van der Waals surface area contributed by atoms with Crippen LogP contribution in [0.15, 0.2) is 15.9 Å². The van der Waals surface area contributed by atoms with Crippen molar-refractivity contribution in [3.63, 3.8) is 0 Å². The van der Waals surface area contributed by atoms with E-state index in [1.807, 2.05) is 18.4 Å². The molecule has 1 atom stereocenters. The van der Waals surface area contributed by atoms with Gasteiger partial charge >= 0.3 is 5.97 Å². The molecule has 0 saturated carbocycles. The molecule has 1 aromatic rings. The van der Waals surface area contributed by atoms with Crippen molar-refractivity contribution >= 4 is 50.9 Å². The van der Waals surface area contributed by atoms with Crippen LogP contribution in [0.2, 0.25) is 0 Å². The first-order valence-corrected chi connectivity index (χ1v) is 9.28. The van der Waals surface area contributed by atoms with Crippen molar-refractivity contribution in [1.29, 1.82) is 0 Å². The highest BCUT2D eigenvalue weighted by Gasteiger charge is 2.18. The number of aryl methyl sites for hydroxylation is 1. The normalized spacial score (nSPS) is 12.1. The molecule has 1 rings (SSSR count). The van der Waals surface area contributed by atoms with Crippen molar-refractivity contribution in [2.24, 2.45) is 0 Å². The van der Waals surface area contributed by atoms with Crippen LogP contribution >= 0.6 is 39.0 Å². The molecule has 1 amide bonds. The second-order valence-corrected chi connectivity index (χ2v) is 7.83. The van der Waals surface area contributed by atoms with E-state index < -0.39 is 12.0 Å². The maximum Gasteiger partial charge on any atom is 0.326 e. The van der Waals surface area contributed by atoms with Crippen LogP contribution in [0.5, 0.6) is 0 Å². The summed E-state index contributed by atoms with van der Waals surface area (Å²) in [7, 11) is 0. The molecule has 1 heterocycles. The predicted octanol–water partition coefficient (Wildman–Crippen LogP) is 3.16. The summed E-state index contributed by atoms with van der Waals surface area (Å²) in [5.74, 6) is -0.427. The molecular weight excluding hydrogens is 362 g/mol. The lowest BCUT2D eigenvalue weighted by molar-refractivity contribution is -0.141. The fourth-order valence-electron chi connectivity index (χ4n) is 1.67. The van der Waals surface area contributed by atoms with Gasteiger partial charge in [0.15, 0.2) is 0 Å². The Morgan fingerprint density at radius 3 is 2.80 bits per heavy atom. The highest BCUT2D eigenvalue weighted by atomic mass is 79.9. The fraction of sp³-hybridized carbons (Fsp3) is 0.538. The van der Waals surface area contributed by atoms with E-state index in [-0.39, 0.29) is 5.91 Å². The topological polar surface area (TPSA) is 66.4 Å². The van der Waals surface area contributed by atoms with Crippen LogP contribution < -0.4 is 5.32 Å². The van der Waals surface area contributed by atoms with E-state index in [9.17, 15) is 9.59 Å². The van der Waals surface area contributed by atoms with Gasteiger partial charge < -0.3 is 10.4 Å². The first kappa shape index (κ1) is 17.5. The number of thiophene rings is 1. The lowest BCUT2D eigenvalue weighted by Gasteiger charge is -2.13. The summed E-state index contributed by atoms with van der Waals surface area (Å²) in [5, 5.41) is 11.6. The molecule has 0 spiro atoms. The summed E-state index contributed by atoms with van der Waals surface area (Å²) in [6.45, 7) is 0. The Bertz CT molecular complexity index is 451. The number of nitrogens with one attached hydrogen (secondary N) is 1. The molecule has 0 aliphatic heterocycles. The van der Waals surface area contributed by atoms with Gasteiger partial charge in [-0.2, -0.15) is 11.8 Å². The monoisotopic (exact) mass is 379 g/mol. The van der Waals surface area contributed by atoms with Gasteiger partial charge in [0.05, 0.1) is 3.79 Å². The van der Waals surface area contributed by atoms with Crippen molar-refractivity contribution in [1.82, 2.24) is 5.32 Å². The summed E-state index contributed by atoms with van der Waals surface area (Å²) >= 11 is 6.63. The number of carboxylic acids is 1. The molecule has 112 valence electrons. The second kappa shape index (κ2) is 9.41. The summed E-state index contributed by atoms with van der Waals surface area (Å²) < 4.78 is 1.08. The Morgan fingerprint density at radius 2 is 2.25 bits per heavy atom. The number of amides is 1. The molecule has 1 aromatic heterocycles. The van der Waals surface area contributed by atoms with Gasteiger partial charge in [0.2, 0.25) is 5.91 Å². The van der Waals surface area contributed by atoms with E-state index in [2.05, 4.69) is 21.2 Å². The summed E-state index contributed by atoms with van der Waals surface area (Å²) in [6, 6.07) is 3.25. The van der Waals surface area contributed by atoms with Crippen LogP contribution in [0.25, 0.3) is 0 Å². The minimum Gasteiger partial charge on any atom is -0.480 e. The van der Waals surface area contributed by atoms with Gasteiger partial charge in [0.1, 0.15) is 6.04 Å². The van der Waals surface area contributed by atoms with Gasteiger partial charge in [0, 0.05) is 11.3 Å². The van der Waals surface area contributed by atoms with Crippen LogP contribution in [0.4, 0.5) is 0 Å². The van der Waals surface area contributed by atoms with Crippen LogP contribution in [-0.2, 0) is 16.0 Å². The maximum atomic E-state index is 11.7. The molecule has 4 nitrogen and oxygen atoms in total. The summed E-state index contributed by atoms with van der Waals surface area (Å²) in [4.78, 5) is 24.0. The zero-order chi connectivity index (χ0) is 15.0. The molecule has 0 bridgehead atoms. The lowest BCUT2D eigenvalue weighted by atomic mass is 10.2. The first-order chi connectivity index (χ1) is 9.52. The quantitative estimate of drug-likeness (QED) is 0.691. The fourth-order valence-corrected chi connectivity index (χ4v) is 3.67. The van der Waals surface area contributed by atoms with Crippen LogP contribution in [0.3, 0.4) is 0 Å². The van der Waals surface area contributed by atoms with E-state index in [0.29, 0.717) is 12.8 Å². The third-order valence-corrected chi connectivity index (χ3v) is 5.03. The number of hydrogen-bond donors (Lipinski definition) is 2. The van der Waals surface area contributed by atoms with Gasteiger partial charge in [-0.1, -0.05) is 0 Å². The summed E-state index contributed by atoms with van der Waals surface area (Å²) in [5.41, 5.74) is 0. The average molecular weight is 380 g/mol. The molecule has 7 heteroatoms. The average Bonchev–Trinajstić information content (AvgIpc) is 2.80. The van der Waals surface area contributed by atoms with E-state index in [4.69, 9.17) is 5.11 Å². The second-order valence-electron chi connectivity index (χ2n) is 4.30. The number of carbonyl (C=O) groups excluding carboxylic acids is 1. The third-order valence-electron chi connectivity index (χ3n) is 2.70. The van der Waals surface area contributed by atoms with Gasteiger partial charge in [-0.05, 0) is 59.3 Å². The van der Waals surface area contributed by atoms with E-state index >= 15 is 0 Å². The van der Waals surface area contributed by atoms with Crippen LogP contribution in [-0.4, -0.2) is 35.0 Å². The standard InChI is InChI=1S/C13H18BrNO3S2/c1-19-8-7-10(13(17)18)15-12(16)4-2-3-9-5-6-11(14)20-9/h5-6,10H,2-4,7-8H2,1H3,(H,15,16)(H,17,18). The van der Waals surface area contributed by atoms with Gasteiger partial charge in [-0.25, -0.2) is 4.79 Å². The van der Waals surface area contributed by atoms with Crippen molar-refractivity contribution in [2.45, 2.75) is 31.7 Å². The Morgan fingerprint density at radius 1 is 1.50 bits per heavy atom. The van der Waals surface area contributed by atoms with E-state index in [1.54, 1.807) is 23.1 Å². The van der Waals surface area contributed by atoms with Crippen LogP contribution in [0.1, 0.15) is 24.1 Å². The van der Waals surface area contributed by atoms with Gasteiger partial charge in [-0.15, -0.1) is 11.3 Å². The first-order valence-electron chi connectivity index (χ1n) is 6.28. The Hall–Kier alpha value is -0.530. The van der Waals surface area contributed by atoms with E-state index in [0.717, 1.165) is 22.4 Å². The highest BCUT2D eigenvalue weighted by molar-refractivity contribution is 9.11. The lowest BCUT2D eigenvalue weighted by Crippen LogP contribution is -2.41. The highest BCUT2D eigenvalue weighted by Crippen LogP contribution is 2.23. The molecule has 0 radical (unpaired) electrons. The zero-order valence-corrected chi connectivity index (χ0v) is 14.4. The third kappa shape index (κ3) is 6.76. The Balaban J connectivity index is 2.28. The maximum absolute atomic E-state index is 11.7. The molecule has 20 heavy (non-hydrogen) atoms. The molecular formula is C13H18BrNO3S2. The van der Waals surface area contributed by atoms with Crippen molar-refractivity contribution in [2.75, 3.05) is 12.0 Å². The molecule has 0 aromatic carbocycles. The molecule has 0 saturated heterocycles. The SMILES string of the molecule is CSCCC(NC(=O)CCCc1ccc(Br)s1)C(=O)O. The molecule has 1 unspecified atom stereocenters. The largest absolute Gasteiger partial charge is 0.480 e. The van der Waals surface area contributed by atoms with Crippen molar-refractivity contribution in [3.8, 4) is 0 Å². The molecule has 0 aliphatic carbocycles. The van der Waals surface area contributed by atoms with Gasteiger partial charge in [-0.3, -0.25) is 4.79 Å². The Labute approximate surface area is 135 Å². The number of rotatable bonds is 9. The number of aliphatic carboxylic acids is 1. The minimum atomic E-state index is -0.963. The van der Waals surface area contributed by atoms with Crippen molar-refractivity contribution < 1.29 is 14.7 Å². The predicted molar refractivity (Wildman–Crippen MR) is 87.5 cm³/mol. The van der Waals surface area contributed by atoms with E-state index in [1.165, 1.54) is 4.88 Å². The number of halogens is 1. The number of hydrogen-bond acceptors (Lipinski definition) is 4. The smallest absolute Gasteiger partial charge is 0.326 e. The molecule has 2 N–H and O–H groups in total. The number of carbonyl (C=O) groups is 2. The number of thioether (sulfide) groups is 1. The Kier molecular flexibility index (Phi) is 8.25. The van der Waals surface area contributed by atoms with Crippen LogP contribution in [0, 0.1) is 0 Å². The van der Waals surface area contributed by atoms with Crippen molar-refractivity contribution in [3.05, 3.63) is 20.8 Å². The minimum absolute atomic E-state index is 0.186. The summed E-state index contributed by atoms with van der Waals surface area (Å²) in [6.07, 6.45) is 4.30. The van der Waals surface area contributed by atoms with Gasteiger partial charge in [0.25, 0.3) is 0 Å².